The van der Waals surface area contributed by atoms with Gasteiger partial charge in [0.2, 0.25) is 0 Å². The standard InChI is InChI=1S/C14H25NO4/c1-14(2,3)19-13(16)12-5-4-7-15(12)9-11-6-8-17-10-18-11/h11-12H,4-10H2,1-3H3/t11?,12-/m1/s1. The molecule has 5 nitrogen and oxygen atoms in total. The third-order valence-electron chi connectivity index (χ3n) is 3.45. The Kier molecular flexibility index (Phi) is 4.81. The van der Waals surface area contributed by atoms with E-state index in [4.69, 9.17) is 14.2 Å². The first-order valence-electron chi connectivity index (χ1n) is 7.12. The van der Waals surface area contributed by atoms with Crippen molar-refractivity contribution in [2.45, 2.75) is 57.8 Å². The van der Waals surface area contributed by atoms with Crippen molar-refractivity contribution in [1.82, 2.24) is 4.90 Å². The minimum absolute atomic E-state index is 0.0999. The minimum Gasteiger partial charge on any atom is -0.459 e. The van der Waals surface area contributed by atoms with E-state index in [-0.39, 0.29) is 18.1 Å². The van der Waals surface area contributed by atoms with Gasteiger partial charge in [-0.1, -0.05) is 0 Å². The highest BCUT2D eigenvalue weighted by atomic mass is 16.7. The van der Waals surface area contributed by atoms with E-state index in [1.165, 1.54) is 0 Å². The fourth-order valence-electron chi connectivity index (χ4n) is 2.59. The van der Waals surface area contributed by atoms with Crippen LogP contribution in [0.2, 0.25) is 0 Å². The molecule has 110 valence electrons. The molecule has 0 aromatic heterocycles. The number of likely N-dealkylation sites (tertiary alicyclic amines) is 1. The van der Waals surface area contributed by atoms with Crippen molar-refractivity contribution in [2.24, 2.45) is 0 Å². The summed E-state index contributed by atoms with van der Waals surface area (Å²) in [5, 5.41) is 0. The normalized spacial score (nSPS) is 29.4. The molecule has 0 aromatic carbocycles. The van der Waals surface area contributed by atoms with Crippen LogP contribution in [-0.2, 0) is 19.0 Å². The Hall–Kier alpha value is -0.650. The third-order valence-corrected chi connectivity index (χ3v) is 3.45. The van der Waals surface area contributed by atoms with Crippen LogP contribution in [0.4, 0.5) is 0 Å². The number of nitrogens with zero attached hydrogens (tertiary/aromatic N) is 1. The van der Waals surface area contributed by atoms with Crippen LogP contribution in [0.3, 0.4) is 0 Å². The van der Waals surface area contributed by atoms with Gasteiger partial charge in [0.25, 0.3) is 0 Å². The van der Waals surface area contributed by atoms with E-state index < -0.39 is 5.60 Å². The van der Waals surface area contributed by atoms with Gasteiger partial charge in [0.1, 0.15) is 18.4 Å². The average Bonchev–Trinajstić information content (AvgIpc) is 2.76. The highest BCUT2D eigenvalue weighted by molar-refractivity contribution is 5.76. The minimum atomic E-state index is -0.416. The number of ether oxygens (including phenoxy) is 3. The Labute approximate surface area is 115 Å². The summed E-state index contributed by atoms with van der Waals surface area (Å²) in [4.78, 5) is 14.4. The zero-order valence-corrected chi connectivity index (χ0v) is 12.2. The Bertz CT molecular complexity index is 307. The molecule has 0 aromatic rings. The van der Waals surface area contributed by atoms with Crippen LogP contribution in [0.25, 0.3) is 0 Å². The zero-order chi connectivity index (χ0) is 13.9. The summed E-state index contributed by atoms with van der Waals surface area (Å²) >= 11 is 0. The zero-order valence-electron chi connectivity index (χ0n) is 12.2. The number of carbonyl (C=O) groups excluding carboxylic acids is 1. The second kappa shape index (κ2) is 6.20. The van der Waals surface area contributed by atoms with Gasteiger partial charge in [-0.2, -0.15) is 0 Å². The first-order valence-corrected chi connectivity index (χ1v) is 7.12. The SMILES string of the molecule is CC(C)(C)OC(=O)[C@H]1CCCN1CC1CCOCO1. The molecule has 0 radical (unpaired) electrons. The Balaban J connectivity index is 1.87. The van der Waals surface area contributed by atoms with Gasteiger partial charge in [-0.25, -0.2) is 0 Å². The van der Waals surface area contributed by atoms with Gasteiger partial charge in [0.15, 0.2) is 0 Å². The van der Waals surface area contributed by atoms with Gasteiger partial charge in [-0.3, -0.25) is 9.69 Å². The van der Waals surface area contributed by atoms with Crippen LogP contribution in [0, 0.1) is 0 Å². The van der Waals surface area contributed by atoms with Gasteiger partial charge < -0.3 is 14.2 Å². The quantitative estimate of drug-likeness (QED) is 0.729. The van der Waals surface area contributed by atoms with Gasteiger partial charge >= 0.3 is 5.97 Å². The largest absolute Gasteiger partial charge is 0.459 e. The second-order valence-electron chi connectivity index (χ2n) is 6.29. The van der Waals surface area contributed by atoms with Crippen LogP contribution in [0.15, 0.2) is 0 Å². The number of rotatable bonds is 3. The summed E-state index contributed by atoms with van der Waals surface area (Å²) in [5.74, 6) is -0.0999. The highest BCUT2D eigenvalue weighted by Crippen LogP contribution is 2.22. The lowest BCUT2D eigenvalue weighted by Crippen LogP contribution is -2.45. The molecule has 2 rings (SSSR count). The lowest BCUT2D eigenvalue weighted by Gasteiger charge is -2.31. The monoisotopic (exact) mass is 271 g/mol. The third kappa shape index (κ3) is 4.44. The predicted octanol–water partition coefficient (Wildman–Crippen LogP) is 1.56. The molecule has 2 heterocycles. The molecule has 2 aliphatic rings. The molecule has 0 amide bonds. The van der Waals surface area contributed by atoms with E-state index in [9.17, 15) is 4.79 Å². The summed E-state index contributed by atoms with van der Waals surface area (Å²) in [7, 11) is 0. The lowest BCUT2D eigenvalue weighted by atomic mass is 10.1. The van der Waals surface area contributed by atoms with Crippen molar-refractivity contribution in [1.29, 1.82) is 0 Å². The predicted molar refractivity (Wildman–Crippen MR) is 70.7 cm³/mol. The molecule has 1 unspecified atom stereocenters. The first-order chi connectivity index (χ1) is 8.96. The Morgan fingerprint density at radius 2 is 2.16 bits per heavy atom. The molecule has 2 atom stereocenters. The van der Waals surface area contributed by atoms with E-state index >= 15 is 0 Å². The lowest BCUT2D eigenvalue weighted by molar-refractivity contribution is -0.164. The van der Waals surface area contributed by atoms with E-state index in [1.54, 1.807) is 0 Å². The summed E-state index contributed by atoms with van der Waals surface area (Å²) in [5.41, 5.74) is -0.416. The Morgan fingerprint density at radius 3 is 2.79 bits per heavy atom. The first kappa shape index (κ1) is 14.8. The maximum Gasteiger partial charge on any atom is 0.323 e. The molecule has 2 saturated heterocycles. The number of carbonyl (C=O) groups is 1. The van der Waals surface area contributed by atoms with E-state index in [0.29, 0.717) is 6.79 Å². The maximum atomic E-state index is 12.2. The van der Waals surface area contributed by atoms with E-state index in [1.807, 2.05) is 20.8 Å². The van der Waals surface area contributed by atoms with Crippen molar-refractivity contribution < 1.29 is 19.0 Å². The van der Waals surface area contributed by atoms with Gasteiger partial charge in [0, 0.05) is 6.54 Å². The van der Waals surface area contributed by atoms with E-state index in [0.717, 1.165) is 39.0 Å². The number of esters is 1. The number of hydrogen-bond donors (Lipinski definition) is 0. The summed E-state index contributed by atoms with van der Waals surface area (Å²) in [6.45, 7) is 8.59. The van der Waals surface area contributed by atoms with Gasteiger partial charge in [0.05, 0.1) is 12.7 Å². The van der Waals surface area contributed by atoms with Crippen LogP contribution in [0.1, 0.15) is 40.0 Å². The highest BCUT2D eigenvalue weighted by Gasteiger charge is 2.35. The maximum absolute atomic E-state index is 12.2. The van der Waals surface area contributed by atoms with Crippen LogP contribution >= 0.6 is 0 Å². The molecule has 0 bridgehead atoms. The van der Waals surface area contributed by atoms with Crippen molar-refractivity contribution >= 4 is 5.97 Å². The van der Waals surface area contributed by atoms with E-state index in [2.05, 4.69) is 4.90 Å². The fraction of sp³-hybridized carbons (Fsp3) is 0.929. The molecule has 5 heteroatoms. The molecule has 0 saturated carbocycles. The summed E-state index contributed by atoms with van der Waals surface area (Å²) < 4.78 is 16.2. The number of hydrogen-bond acceptors (Lipinski definition) is 5. The molecule has 0 N–H and O–H groups in total. The smallest absolute Gasteiger partial charge is 0.323 e. The van der Waals surface area contributed by atoms with Gasteiger partial charge in [-0.15, -0.1) is 0 Å². The second-order valence-corrected chi connectivity index (χ2v) is 6.29. The summed E-state index contributed by atoms with van der Waals surface area (Å²) in [6.07, 6.45) is 3.01. The molecule has 2 fully saturated rings. The van der Waals surface area contributed by atoms with Crippen molar-refractivity contribution in [3.63, 3.8) is 0 Å². The van der Waals surface area contributed by atoms with Crippen LogP contribution in [0.5, 0.6) is 0 Å². The summed E-state index contributed by atoms with van der Waals surface area (Å²) in [6, 6.07) is -0.106. The molecular formula is C14H25NO4. The average molecular weight is 271 g/mol. The van der Waals surface area contributed by atoms with Gasteiger partial charge in [-0.05, 0) is 46.6 Å². The molecular weight excluding hydrogens is 246 g/mol. The van der Waals surface area contributed by atoms with Crippen LogP contribution < -0.4 is 0 Å². The molecule has 0 spiro atoms. The molecule has 2 aliphatic heterocycles. The fourth-order valence-corrected chi connectivity index (χ4v) is 2.59. The van der Waals surface area contributed by atoms with Crippen LogP contribution in [-0.4, -0.2) is 55.1 Å². The topological polar surface area (TPSA) is 48.0 Å². The van der Waals surface area contributed by atoms with Crippen molar-refractivity contribution in [2.75, 3.05) is 26.5 Å². The molecule has 19 heavy (non-hydrogen) atoms. The van der Waals surface area contributed by atoms with Crippen molar-refractivity contribution in [3.8, 4) is 0 Å². The Morgan fingerprint density at radius 1 is 1.37 bits per heavy atom. The molecule has 0 aliphatic carbocycles. The van der Waals surface area contributed by atoms with Crippen molar-refractivity contribution in [3.05, 3.63) is 0 Å².